The van der Waals surface area contributed by atoms with E-state index in [1.807, 2.05) is 30.3 Å². The summed E-state index contributed by atoms with van der Waals surface area (Å²) in [4.78, 5) is 12.3. The first-order chi connectivity index (χ1) is 17.6. The normalized spacial score (nSPS) is 18.6. The van der Waals surface area contributed by atoms with E-state index in [2.05, 4.69) is 46.6 Å². The lowest BCUT2D eigenvalue weighted by Gasteiger charge is -2.36. The number of tetrazole rings is 2. The monoisotopic (exact) mass is 494 g/mol. The van der Waals surface area contributed by atoms with Crippen LogP contribution in [0.1, 0.15) is 86.2 Å². The lowest BCUT2D eigenvalue weighted by atomic mass is 9.71. The van der Waals surface area contributed by atoms with Crippen molar-refractivity contribution < 1.29 is 4.79 Å². The Labute approximate surface area is 211 Å². The molecule has 2 saturated carbocycles. The molecule has 0 radical (unpaired) electrons. The van der Waals surface area contributed by atoms with Gasteiger partial charge in [-0.1, -0.05) is 67.2 Å². The largest absolute Gasteiger partial charge is 0.351 e. The molecule has 2 heterocycles. The number of rotatable bonds is 8. The molecule has 11 nitrogen and oxygen atoms in total. The maximum atomic E-state index is 12.3. The van der Waals surface area contributed by atoms with Crippen LogP contribution in [0, 0.1) is 10.8 Å². The third kappa shape index (κ3) is 7.16. The number of H-pyrrole nitrogens is 2. The number of amides is 1. The third-order valence-corrected chi connectivity index (χ3v) is 7.77. The zero-order chi connectivity index (χ0) is 25.1. The van der Waals surface area contributed by atoms with Gasteiger partial charge in [0.05, 0.1) is 0 Å². The van der Waals surface area contributed by atoms with Gasteiger partial charge in [-0.25, -0.2) is 0 Å². The van der Waals surface area contributed by atoms with E-state index in [0.717, 1.165) is 43.9 Å². The fraction of sp³-hybridized carbons (Fsp3) is 0.640. The third-order valence-electron chi connectivity index (χ3n) is 7.77. The first-order valence-electron chi connectivity index (χ1n) is 13.1. The highest BCUT2D eigenvalue weighted by Gasteiger charge is 2.34. The van der Waals surface area contributed by atoms with Crippen molar-refractivity contribution in [1.82, 2.24) is 46.6 Å². The number of hydrogen-bond donors (Lipinski definition) is 4. The van der Waals surface area contributed by atoms with Crippen molar-refractivity contribution >= 4 is 5.91 Å². The molecule has 2 aliphatic carbocycles. The number of hydrogen-bond acceptors (Lipinski definition) is 8. The number of aromatic nitrogens is 8. The first-order valence-corrected chi connectivity index (χ1v) is 13.1. The van der Waals surface area contributed by atoms with Crippen LogP contribution in [0.15, 0.2) is 30.3 Å². The summed E-state index contributed by atoms with van der Waals surface area (Å²) in [6, 6.07) is 9.34. The Morgan fingerprint density at radius 3 is 1.83 bits per heavy atom. The van der Waals surface area contributed by atoms with Crippen molar-refractivity contribution in [3.05, 3.63) is 47.5 Å². The van der Waals surface area contributed by atoms with E-state index in [9.17, 15) is 4.79 Å². The Morgan fingerprint density at radius 2 is 1.33 bits per heavy atom. The minimum absolute atomic E-state index is 0.0151. The van der Waals surface area contributed by atoms with Crippen molar-refractivity contribution in [3.63, 3.8) is 0 Å². The molecule has 5 rings (SSSR count). The number of nitrogens with zero attached hydrogens (tertiary/aromatic N) is 6. The Hall–Kier alpha value is -3.21. The van der Waals surface area contributed by atoms with Crippen molar-refractivity contribution in [2.45, 2.75) is 77.0 Å². The average Bonchev–Trinajstić information content (AvgIpc) is 3.64. The lowest BCUT2D eigenvalue weighted by molar-refractivity contribution is 0.0906. The van der Waals surface area contributed by atoms with Gasteiger partial charge in [-0.05, 0) is 55.2 Å². The van der Waals surface area contributed by atoms with E-state index in [4.69, 9.17) is 5.73 Å². The molecule has 0 aliphatic heterocycles. The molecule has 0 saturated heterocycles. The summed E-state index contributed by atoms with van der Waals surface area (Å²) < 4.78 is 0. The predicted octanol–water partition coefficient (Wildman–Crippen LogP) is 2.77. The zero-order valence-corrected chi connectivity index (χ0v) is 21.0. The van der Waals surface area contributed by atoms with Crippen molar-refractivity contribution in [2.24, 2.45) is 16.6 Å². The molecular weight excluding hydrogens is 456 g/mol. The van der Waals surface area contributed by atoms with Crippen LogP contribution in [0.25, 0.3) is 0 Å². The predicted molar refractivity (Wildman–Crippen MR) is 135 cm³/mol. The smallest absolute Gasteiger partial charge is 0.251 e. The van der Waals surface area contributed by atoms with E-state index in [1.165, 1.54) is 51.4 Å². The Morgan fingerprint density at radius 1 is 0.806 bits per heavy atom. The van der Waals surface area contributed by atoms with Crippen LogP contribution >= 0.6 is 0 Å². The SMILES string of the molecule is NCC1(Cc2nn[nH]n2)CCCCC1.O=C(NCC1(Cc2nn[nH]n2)CCCCC1)c1ccccc1. The van der Waals surface area contributed by atoms with Crippen molar-refractivity contribution in [3.8, 4) is 0 Å². The van der Waals surface area contributed by atoms with Crippen LogP contribution in [0.4, 0.5) is 0 Å². The van der Waals surface area contributed by atoms with E-state index < -0.39 is 0 Å². The van der Waals surface area contributed by atoms with Gasteiger partial charge in [-0.15, -0.1) is 20.4 Å². The summed E-state index contributed by atoms with van der Waals surface area (Å²) in [6.07, 6.45) is 13.8. The van der Waals surface area contributed by atoms with Crippen LogP contribution in [-0.4, -0.2) is 60.2 Å². The molecule has 2 aromatic heterocycles. The first kappa shape index (κ1) is 25.9. The van der Waals surface area contributed by atoms with E-state index in [0.29, 0.717) is 12.1 Å². The second-order valence-corrected chi connectivity index (χ2v) is 10.4. The summed E-state index contributed by atoms with van der Waals surface area (Å²) in [5.41, 5.74) is 6.86. The second kappa shape index (κ2) is 12.7. The van der Waals surface area contributed by atoms with E-state index in [-0.39, 0.29) is 16.7 Å². The molecule has 194 valence electrons. The summed E-state index contributed by atoms with van der Waals surface area (Å²) in [6.45, 7) is 1.40. The number of aromatic amines is 2. The minimum Gasteiger partial charge on any atom is -0.351 e. The lowest BCUT2D eigenvalue weighted by Crippen LogP contribution is -2.40. The molecule has 3 aromatic rings. The zero-order valence-electron chi connectivity index (χ0n) is 21.0. The van der Waals surface area contributed by atoms with E-state index in [1.54, 1.807) is 0 Å². The molecular formula is C25H38N10O. The van der Waals surface area contributed by atoms with Crippen LogP contribution in [-0.2, 0) is 12.8 Å². The van der Waals surface area contributed by atoms with Gasteiger partial charge in [0.1, 0.15) is 0 Å². The Bertz CT molecular complexity index is 1010. The molecule has 0 spiro atoms. The molecule has 5 N–H and O–H groups in total. The molecule has 0 atom stereocenters. The molecule has 1 aromatic carbocycles. The van der Waals surface area contributed by atoms with Crippen LogP contribution < -0.4 is 11.1 Å². The number of carbonyl (C=O) groups is 1. The minimum atomic E-state index is -0.0151. The molecule has 11 heteroatoms. The molecule has 1 amide bonds. The molecule has 0 unspecified atom stereocenters. The highest BCUT2D eigenvalue weighted by atomic mass is 16.1. The Balaban J connectivity index is 0.000000187. The van der Waals surface area contributed by atoms with Crippen LogP contribution in [0.2, 0.25) is 0 Å². The fourth-order valence-corrected chi connectivity index (χ4v) is 5.62. The maximum absolute atomic E-state index is 12.3. The van der Waals surface area contributed by atoms with Gasteiger partial charge in [0, 0.05) is 24.9 Å². The molecule has 2 aliphatic rings. The number of nitrogens with two attached hydrogens (primary N) is 1. The topological polar surface area (TPSA) is 164 Å². The van der Waals surface area contributed by atoms with Crippen LogP contribution in [0.5, 0.6) is 0 Å². The number of carbonyl (C=O) groups excluding carboxylic acids is 1. The molecule has 36 heavy (non-hydrogen) atoms. The summed E-state index contributed by atoms with van der Waals surface area (Å²) >= 11 is 0. The van der Waals surface area contributed by atoms with Gasteiger partial charge in [0.15, 0.2) is 11.6 Å². The van der Waals surface area contributed by atoms with Gasteiger partial charge in [-0.2, -0.15) is 10.4 Å². The second-order valence-electron chi connectivity index (χ2n) is 10.4. The highest BCUT2D eigenvalue weighted by molar-refractivity contribution is 5.94. The van der Waals surface area contributed by atoms with Gasteiger partial charge in [0.2, 0.25) is 0 Å². The van der Waals surface area contributed by atoms with Gasteiger partial charge >= 0.3 is 0 Å². The average molecular weight is 495 g/mol. The van der Waals surface area contributed by atoms with Gasteiger partial charge in [-0.3, -0.25) is 4.79 Å². The molecule has 2 fully saturated rings. The van der Waals surface area contributed by atoms with Crippen molar-refractivity contribution in [2.75, 3.05) is 13.1 Å². The quantitative estimate of drug-likeness (QED) is 0.371. The summed E-state index contributed by atoms with van der Waals surface area (Å²) in [7, 11) is 0. The Kier molecular flexibility index (Phi) is 9.10. The maximum Gasteiger partial charge on any atom is 0.251 e. The number of nitrogens with one attached hydrogen (secondary N) is 3. The van der Waals surface area contributed by atoms with Crippen molar-refractivity contribution in [1.29, 1.82) is 0 Å². The van der Waals surface area contributed by atoms with Crippen LogP contribution in [0.3, 0.4) is 0 Å². The fourth-order valence-electron chi connectivity index (χ4n) is 5.62. The van der Waals surface area contributed by atoms with Gasteiger partial charge < -0.3 is 11.1 Å². The van der Waals surface area contributed by atoms with E-state index >= 15 is 0 Å². The molecule has 0 bridgehead atoms. The summed E-state index contributed by atoms with van der Waals surface area (Å²) in [5, 5.41) is 31.5. The highest BCUT2D eigenvalue weighted by Crippen LogP contribution is 2.38. The standard InChI is InChI=1S/C16H21N5O.C9H17N5/c22-15(13-7-3-1-4-8-13)17-12-16(9-5-2-6-10-16)11-14-18-20-21-19-14;10-7-9(4-2-1-3-5-9)6-8-11-13-14-12-8/h1,3-4,7-8H,2,5-6,9-12H2,(H,17,22)(H,18,19,20,21);1-7,10H2,(H,11,12,13,14). The van der Waals surface area contributed by atoms with Gasteiger partial charge in [0.25, 0.3) is 5.91 Å². The summed E-state index contributed by atoms with van der Waals surface area (Å²) in [5.74, 6) is 1.52. The number of benzene rings is 1.